The van der Waals surface area contributed by atoms with Gasteiger partial charge in [-0.3, -0.25) is 4.79 Å². The van der Waals surface area contributed by atoms with E-state index in [4.69, 9.17) is 0 Å². The number of carbonyl (C=O) groups is 1. The van der Waals surface area contributed by atoms with Crippen molar-refractivity contribution in [3.05, 3.63) is 24.5 Å². The van der Waals surface area contributed by atoms with E-state index in [9.17, 15) is 9.90 Å². The minimum atomic E-state index is -0.480. The molecule has 3 rings (SSSR count). The van der Waals surface area contributed by atoms with E-state index in [1.54, 1.807) is 0 Å². The van der Waals surface area contributed by atoms with Gasteiger partial charge in [0.15, 0.2) is 0 Å². The number of unbranched alkanes of at least 4 members (excludes halogenated alkanes) is 2. The molecule has 1 amide bonds. The lowest BCUT2D eigenvalue weighted by Gasteiger charge is -2.47. The van der Waals surface area contributed by atoms with E-state index in [2.05, 4.69) is 17.0 Å². The molecule has 1 N–H and O–H groups in total. The van der Waals surface area contributed by atoms with Gasteiger partial charge in [-0.05, 0) is 44.2 Å². The number of likely N-dealkylation sites (tertiary alicyclic amines) is 1. The Morgan fingerprint density at radius 2 is 1.96 bits per heavy atom. The van der Waals surface area contributed by atoms with E-state index in [1.807, 2.05) is 17.0 Å². The molecule has 0 bridgehead atoms. The minimum absolute atomic E-state index is 0.290. The molecule has 2 fully saturated rings. The summed E-state index contributed by atoms with van der Waals surface area (Å²) < 4.78 is 2.19. The van der Waals surface area contributed by atoms with Gasteiger partial charge in [0.25, 0.3) is 0 Å². The van der Waals surface area contributed by atoms with Crippen LogP contribution in [0.2, 0.25) is 0 Å². The molecule has 1 aliphatic carbocycles. The summed E-state index contributed by atoms with van der Waals surface area (Å²) in [4.78, 5) is 14.4. The maximum absolute atomic E-state index is 12.4. The van der Waals surface area contributed by atoms with Crippen LogP contribution in [0.1, 0.15) is 57.8 Å². The number of carbonyl (C=O) groups excluding carboxylic acids is 1. The first-order valence-corrected chi connectivity index (χ1v) is 9.28. The number of piperidine rings is 1. The van der Waals surface area contributed by atoms with E-state index in [-0.39, 0.29) is 0 Å². The highest BCUT2D eigenvalue weighted by molar-refractivity contribution is 5.76. The molecule has 1 saturated heterocycles. The van der Waals surface area contributed by atoms with E-state index < -0.39 is 5.60 Å². The minimum Gasteiger partial charge on any atom is -0.389 e. The van der Waals surface area contributed by atoms with Crippen LogP contribution in [-0.4, -0.2) is 39.2 Å². The van der Waals surface area contributed by atoms with Crippen LogP contribution in [0.15, 0.2) is 24.5 Å². The second-order valence-electron chi connectivity index (χ2n) is 7.37. The number of rotatable bonds is 6. The summed E-state index contributed by atoms with van der Waals surface area (Å²) in [5, 5.41) is 10.7. The third-order valence-corrected chi connectivity index (χ3v) is 5.75. The van der Waals surface area contributed by atoms with Gasteiger partial charge in [-0.15, -0.1) is 0 Å². The van der Waals surface area contributed by atoms with E-state index in [0.29, 0.717) is 18.2 Å². The zero-order chi connectivity index (χ0) is 16.1. The molecule has 128 valence electrons. The predicted octanol–water partition coefficient (Wildman–Crippen LogP) is 3.20. The summed E-state index contributed by atoms with van der Waals surface area (Å²) in [5.41, 5.74) is -0.480. The monoisotopic (exact) mass is 318 g/mol. The van der Waals surface area contributed by atoms with E-state index >= 15 is 0 Å². The van der Waals surface area contributed by atoms with E-state index in [0.717, 1.165) is 64.6 Å². The fourth-order valence-corrected chi connectivity index (χ4v) is 4.22. The molecule has 2 heterocycles. The molecule has 1 saturated carbocycles. The first-order chi connectivity index (χ1) is 11.2. The Kier molecular flexibility index (Phi) is 5.42. The number of aliphatic hydroxyl groups is 1. The number of hydrogen-bond acceptors (Lipinski definition) is 2. The van der Waals surface area contributed by atoms with Crippen molar-refractivity contribution in [2.45, 2.75) is 69.9 Å². The van der Waals surface area contributed by atoms with Crippen LogP contribution in [0.25, 0.3) is 0 Å². The molecule has 0 spiro atoms. The van der Waals surface area contributed by atoms with E-state index in [1.165, 1.54) is 6.42 Å². The average molecular weight is 318 g/mol. The highest BCUT2D eigenvalue weighted by Crippen LogP contribution is 2.39. The van der Waals surface area contributed by atoms with Gasteiger partial charge < -0.3 is 14.6 Å². The molecule has 2 aliphatic rings. The Labute approximate surface area is 139 Å². The maximum Gasteiger partial charge on any atom is 0.222 e. The second-order valence-corrected chi connectivity index (χ2v) is 7.37. The number of fused-ring (bicyclic) bond motifs is 1. The van der Waals surface area contributed by atoms with Gasteiger partial charge in [0, 0.05) is 44.4 Å². The molecule has 4 nitrogen and oxygen atoms in total. The molecule has 4 heteroatoms. The topological polar surface area (TPSA) is 45.5 Å². The lowest BCUT2D eigenvalue weighted by atomic mass is 9.71. The van der Waals surface area contributed by atoms with Crippen molar-refractivity contribution in [1.29, 1.82) is 0 Å². The van der Waals surface area contributed by atoms with Crippen molar-refractivity contribution in [2.75, 3.05) is 13.1 Å². The summed E-state index contributed by atoms with van der Waals surface area (Å²) in [6.07, 6.45) is 13.2. The lowest BCUT2D eigenvalue weighted by molar-refractivity contribution is -0.143. The lowest BCUT2D eigenvalue weighted by Crippen LogP contribution is -2.54. The van der Waals surface area contributed by atoms with Crippen molar-refractivity contribution < 1.29 is 9.90 Å². The molecule has 2 atom stereocenters. The molecular formula is C19H30N2O2. The van der Waals surface area contributed by atoms with Crippen LogP contribution in [0, 0.1) is 5.92 Å². The fraction of sp³-hybridized carbons (Fsp3) is 0.737. The van der Waals surface area contributed by atoms with Crippen LogP contribution in [0.4, 0.5) is 0 Å². The Morgan fingerprint density at radius 3 is 2.78 bits per heavy atom. The Hall–Kier alpha value is -1.29. The van der Waals surface area contributed by atoms with Crippen molar-refractivity contribution >= 4 is 5.91 Å². The van der Waals surface area contributed by atoms with Gasteiger partial charge in [-0.1, -0.05) is 19.3 Å². The standard InChI is InChI=1S/C19H30N2O2/c22-18(9-2-1-5-12-20-13-6-7-14-20)21-15-11-19(23)10-4-3-8-17(19)16-21/h6-7,13-14,17,23H,1-5,8-12,15-16H2/t17-,19-/m1/s1. The number of nitrogens with zero attached hydrogens (tertiary/aromatic N) is 2. The van der Waals surface area contributed by atoms with Crippen LogP contribution in [0.3, 0.4) is 0 Å². The molecule has 0 unspecified atom stereocenters. The summed E-state index contributed by atoms with van der Waals surface area (Å²) in [5.74, 6) is 0.598. The summed E-state index contributed by atoms with van der Waals surface area (Å²) in [7, 11) is 0. The molecule has 0 radical (unpaired) electrons. The van der Waals surface area contributed by atoms with Gasteiger partial charge in [-0.2, -0.15) is 0 Å². The zero-order valence-corrected chi connectivity index (χ0v) is 14.1. The maximum atomic E-state index is 12.4. The summed E-state index contributed by atoms with van der Waals surface area (Å²) >= 11 is 0. The highest BCUT2D eigenvalue weighted by atomic mass is 16.3. The first-order valence-electron chi connectivity index (χ1n) is 9.28. The van der Waals surface area contributed by atoms with Crippen molar-refractivity contribution in [2.24, 2.45) is 5.92 Å². The highest BCUT2D eigenvalue weighted by Gasteiger charge is 2.43. The van der Waals surface area contributed by atoms with Gasteiger partial charge >= 0.3 is 0 Å². The number of aromatic nitrogens is 1. The van der Waals surface area contributed by atoms with Crippen LogP contribution < -0.4 is 0 Å². The predicted molar refractivity (Wildman–Crippen MR) is 91.0 cm³/mol. The summed E-state index contributed by atoms with van der Waals surface area (Å²) in [6.45, 7) is 2.56. The van der Waals surface area contributed by atoms with Crippen LogP contribution >= 0.6 is 0 Å². The van der Waals surface area contributed by atoms with Crippen LogP contribution in [0.5, 0.6) is 0 Å². The quantitative estimate of drug-likeness (QED) is 0.819. The van der Waals surface area contributed by atoms with Crippen molar-refractivity contribution in [3.8, 4) is 0 Å². The third kappa shape index (κ3) is 4.17. The summed E-state index contributed by atoms with van der Waals surface area (Å²) in [6, 6.07) is 4.10. The Balaban J connectivity index is 1.35. The number of aryl methyl sites for hydroxylation is 1. The number of amides is 1. The number of hydrogen-bond donors (Lipinski definition) is 1. The van der Waals surface area contributed by atoms with Gasteiger partial charge in [0.05, 0.1) is 5.60 Å². The normalized spacial score (nSPS) is 27.7. The molecule has 1 aromatic rings. The largest absolute Gasteiger partial charge is 0.389 e. The molecule has 0 aromatic carbocycles. The molecular weight excluding hydrogens is 288 g/mol. The van der Waals surface area contributed by atoms with Gasteiger partial charge in [0.2, 0.25) is 5.91 Å². The SMILES string of the molecule is O=C(CCCCCn1cccc1)N1CC[C@]2(O)CCCC[C@@H]2C1. The smallest absolute Gasteiger partial charge is 0.222 e. The molecule has 23 heavy (non-hydrogen) atoms. The molecule has 1 aromatic heterocycles. The average Bonchev–Trinajstić information content (AvgIpc) is 3.07. The van der Waals surface area contributed by atoms with Crippen LogP contribution in [-0.2, 0) is 11.3 Å². The van der Waals surface area contributed by atoms with Gasteiger partial charge in [0.1, 0.15) is 0 Å². The zero-order valence-electron chi connectivity index (χ0n) is 14.1. The Bertz CT molecular complexity index is 499. The van der Waals surface area contributed by atoms with Crippen molar-refractivity contribution in [1.82, 2.24) is 9.47 Å². The van der Waals surface area contributed by atoms with Gasteiger partial charge in [-0.25, -0.2) is 0 Å². The Morgan fingerprint density at radius 1 is 1.13 bits per heavy atom. The fourth-order valence-electron chi connectivity index (χ4n) is 4.22. The molecule has 1 aliphatic heterocycles. The first kappa shape index (κ1) is 16.6. The van der Waals surface area contributed by atoms with Crippen molar-refractivity contribution in [3.63, 3.8) is 0 Å². The second kappa shape index (κ2) is 7.52. The third-order valence-electron chi connectivity index (χ3n) is 5.75.